The van der Waals surface area contributed by atoms with Gasteiger partial charge in [0.25, 0.3) is 0 Å². The van der Waals surface area contributed by atoms with E-state index >= 15 is 0 Å². The molecule has 0 spiro atoms. The van der Waals surface area contributed by atoms with Crippen LogP contribution in [0.2, 0.25) is 0 Å². The summed E-state index contributed by atoms with van der Waals surface area (Å²) in [5.74, 6) is -0.232. The van der Waals surface area contributed by atoms with Gasteiger partial charge in [0.2, 0.25) is 0 Å². The van der Waals surface area contributed by atoms with Crippen LogP contribution in [0.4, 0.5) is 4.39 Å². The number of hydrogen-bond donors (Lipinski definition) is 1. The lowest BCUT2D eigenvalue weighted by Gasteiger charge is -2.16. The molecule has 4 heteroatoms. The predicted octanol–water partition coefficient (Wildman–Crippen LogP) is 2.50. The van der Waals surface area contributed by atoms with Crippen LogP contribution in [-0.2, 0) is 4.74 Å². The van der Waals surface area contributed by atoms with Crippen molar-refractivity contribution in [2.45, 2.75) is 6.04 Å². The van der Waals surface area contributed by atoms with Crippen LogP contribution in [0.3, 0.4) is 0 Å². The van der Waals surface area contributed by atoms with Crippen LogP contribution in [0.15, 0.2) is 22.7 Å². The number of halogens is 2. The van der Waals surface area contributed by atoms with Gasteiger partial charge in [-0.1, -0.05) is 12.1 Å². The quantitative estimate of drug-likeness (QED) is 0.900. The first-order chi connectivity index (χ1) is 6.70. The molecule has 0 aromatic heterocycles. The van der Waals surface area contributed by atoms with Crippen LogP contribution >= 0.6 is 15.9 Å². The summed E-state index contributed by atoms with van der Waals surface area (Å²) < 4.78 is 19.1. The minimum Gasteiger partial charge on any atom is -0.383 e. The van der Waals surface area contributed by atoms with Crippen molar-refractivity contribution in [3.8, 4) is 0 Å². The van der Waals surface area contributed by atoms with Gasteiger partial charge in [0, 0.05) is 12.7 Å². The maximum atomic E-state index is 13.6. The second-order valence-electron chi connectivity index (χ2n) is 2.94. The minimum atomic E-state index is -0.232. The van der Waals surface area contributed by atoms with Crippen molar-refractivity contribution >= 4 is 15.9 Å². The molecule has 78 valence electrons. The molecule has 0 aliphatic heterocycles. The zero-order valence-electron chi connectivity index (χ0n) is 8.18. The lowest BCUT2D eigenvalue weighted by Crippen LogP contribution is -2.22. The van der Waals surface area contributed by atoms with E-state index in [2.05, 4.69) is 21.2 Å². The Balaban J connectivity index is 2.97. The van der Waals surface area contributed by atoms with Gasteiger partial charge in [0.15, 0.2) is 0 Å². The molecule has 0 aliphatic rings. The Morgan fingerprint density at radius 2 is 2.29 bits per heavy atom. The largest absolute Gasteiger partial charge is 0.383 e. The molecule has 0 saturated carbocycles. The third-order valence-corrected chi connectivity index (χ3v) is 2.65. The lowest BCUT2D eigenvalue weighted by atomic mass is 10.1. The van der Waals surface area contributed by atoms with Gasteiger partial charge in [0.05, 0.1) is 17.1 Å². The van der Waals surface area contributed by atoms with Crippen molar-refractivity contribution in [3.05, 3.63) is 34.1 Å². The Labute approximate surface area is 91.6 Å². The molecule has 0 aliphatic carbocycles. The van der Waals surface area contributed by atoms with Crippen molar-refractivity contribution in [1.82, 2.24) is 5.32 Å². The van der Waals surface area contributed by atoms with Crippen LogP contribution in [0.5, 0.6) is 0 Å². The second kappa shape index (κ2) is 5.44. The Bertz CT molecular complexity index is 306. The first-order valence-electron chi connectivity index (χ1n) is 4.30. The second-order valence-corrected chi connectivity index (χ2v) is 3.79. The molecule has 1 aromatic rings. The summed E-state index contributed by atoms with van der Waals surface area (Å²) in [4.78, 5) is 0. The van der Waals surface area contributed by atoms with Crippen LogP contribution in [0.25, 0.3) is 0 Å². The molecule has 14 heavy (non-hydrogen) atoms. The van der Waals surface area contributed by atoms with Crippen molar-refractivity contribution in [2.75, 3.05) is 20.8 Å². The fourth-order valence-corrected chi connectivity index (χ4v) is 1.67. The summed E-state index contributed by atoms with van der Waals surface area (Å²) in [6, 6.07) is 5.12. The summed E-state index contributed by atoms with van der Waals surface area (Å²) >= 11 is 3.15. The van der Waals surface area contributed by atoms with E-state index in [1.165, 1.54) is 0 Å². The van der Waals surface area contributed by atoms with Gasteiger partial charge in [-0.15, -0.1) is 0 Å². The monoisotopic (exact) mass is 261 g/mol. The summed E-state index contributed by atoms with van der Waals surface area (Å²) in [5, 5.41) is 3.00. The van der Waals surface area contributed by atoms with E-state index in [-0.39, 0.29) is 11.9 Å². The highest BCUT2D eigenvalue weighted by Gasteiger charge is 2.14. The number of nitrogens with one attached hydrogen (secondary N) is 1. The molecule has 0 bridgehead atoms. The molecule has 2 nitrogen and oxygen atoms in total. The fourth-order valence-electron chi connectivity index (χ4n) is 1.28. The van der Waals surface area contributed by atoms with Gasteiger partial charge >= 0.3 is 0 Å². The topological polar surface area (TPSA) is 21.3 Å². The SMILES string of the molecule is CNC(COC)c1cccc(Br)c1F. The van der Waals surface area contributed by atoms with E-state index in [9.17, 15) is 4.39 Å². The Morgan fingerprint density at radius 1 is 1.57 bits per heavy atom. The smallest absolute Gasteiger partial charge is 0.142 e. The highest BCUT2D eigenvalue weighted by molar-refractivity contribution is 9.10. The Kier molecular flexibility index (Phi) is 4.51. The average molecular weight is 262 g/mol. The summed E-state index contributed by atoms with van der Waals surface area (Å²) in [6.07, 6.45) is 0. The van der Waals surface area contributed by atoms with Crippen molar-refractivity contribution in [1.29, 1.82) is 0 Å². The van der Waals surface area contributed by atoms with Crippen molar-refractivity contribution in [2.24, 2.45) is 0 Å². The number of hydrogen-bond acceptors (Lipinski definition) is 2. The average Bonchev–Trinajstić information content (AvgIpc) is 2.19. The molecule has 1 unspecified atom stereocenters. The molecule has 0 amide bonds. The van der Waals surface area contributed by atoms with Gasteiger partial charge in [-0.05, 0) is 29.0 Å². The molecule has 0 saturated heterocycles. The van der Waals surface area contributed by atoms with Crippen LogP contribution in [0.1, 0.15) is 11.6 Å². The lowest BCUT2D eigenvalue weighted by molar-refractivity contribution is 0.169. The zero-order chi connectivity index (χ0) is 10.6. The van der Waals surface area contributed by atoms with E-state index in [4.69, 9.17) is 4.74 Å². The standard InChI is InChI=1S/C10H13BrFNO/c1-13-9(6-14-2)7-4-3-5-8(11)10(7)12/h3-5,9,13H,6H2,1-2H3. The highest BCUT2D eigenvalue weighted by Crippen LogP contribution is 2.23. The van der Waals surface area contributed by atoms with Crippen LogP contribution < -0.4 is 5.32 Å². The van der Waals surface area contributed by atoms with E-state index in [0.29, 0.717) is 16.6 Å². The zero-order valence-corrected chi connectivity index (χ0v) is 9.77. The molecule has 0 fully saturated rings. The third kappa shape index (κ3) is 2.53. The van der Waals surface area contributed by atoms with Crippen molar-refractivity contribution < 1.29 is 9.13 Å². The van der Waals surface area contributed by atoms with E-state index < -0.39 is 0 Å². The van der Waals surface area contributed by atoms with Crippen LogP contribution in [0, 0.1) is 5.82 Å². The predicted molar refractivity (Wildman–Crippen MR) is 57.8 cm³/mol. The first-order valence-corrected chi connectivity index (χ1v) is 5.10. The van der Waals surface area contributed by atoms with Crippen LogP contribution in [-0.4, -0.2) is 20.8 Å². The molecular formula is C10H13BrFNO. The normalized spacial score (nSPS) is 12.9. The Morgan fingerprint density at radius 3 is 2.86 bits per heavy atom. The molecule has 1 N–H and O–H groups in total. The van der Waals surface area contributed by atoms with E-state index in [0.717, 1.165) is 0 Å². The summed E-state index contributed by atoms with van der Waals surface area (Å²) in [6.45, 7) is 0.448. The number of methoxy groups -OCH3 is 1. The van der Waals surface area contributed by atoms with E-state index in [1.54, 1.807) is 26.3 Å². The highest BCUT2D eigenvalue weighted by atomic mass is 79.9. The van der Waals surface area contributed by atoms with Gasteiger partial charge in [-0.2, -0.15) is 0 Å². The molecule has 0 heterocycles. The summed E-state index contributed by atoms with van der Waals surface area (Å²) in [7, 11) is 3.38. The summed E-state index contributed by atoms with van der Waals surface area (Å²) in [5.41, 5.74) is 0.615. The Hall–Kier alpha value is -0.450. The van der Waals surface area contributed by atoms with Gasteiger partial charge < -0.3 is 10.1 Å². The number of benzene rings is 1. The molecular weight excluding hydrogens is 249 g/mol. The maximum absolute atomic E-state index is 13.6. The third-order valence-electron chi connectivity index (χ3n) is 2.04. The van der Waals surface area contributed by atoms with Gasteiger partial charge in [-0.25, -0.2) is 4.39 Å². The maximum Gasteiger partial charge on any atom is 0.142 e. The number of likely N-dealkylation sites (N-methyl/N-ethyl adjacent to an activating group) is 1. The minimum absolute atomic E-state index is 0.113. The molecule has 1 atom stereocenters. The van der Waals surface area contributed by atoms with Gasteiger partial charge in [0.1, 0.15) is 5.82 Å². The number of rotatable bonds is 4. The number of ether oxygens (including phenoxy) is 1. The first kappa shape index (κ1) is 11.6. The van der Waals surface area contributed by atoms with Crippen molar-refractivity contribution in [3.63, 3.8) is 0 Å². The fraction of sp³-hybridized carbons (Fsp3) is 0.400. The molecule has 1 aromatic carbocycles. The van der Waals surface area contributed by atoms with Gasteiger partial charge in [-0.3, -0.25) is 0 Å². The molecule has 0 radical (unpaired) electrons. The molecule has 1 rings (SSSR count). The van der Waals surface area contributed by atoms with E-state index in [1.807, 2.05) is 6.07 Å².